The molecule has 5 heteroatoms. The van der Waals surface area contributed by atoms with Crippen LogP contribution in [0.4, 0.5) is 0 Å². The standard InChI is InChI=1S/C12H18N2O3/c1-2-16-12(15)11-8-10(17-14-11)7-9-5-3-4-6-13-9/h8-9,13H,2-7H2,1H3. The lowest BCUT2D eigenvalue weighted by atomic mass is 10.0. The van der Waals surface area contributed by atoms with Gasteiger partial charge in [-0.15, -0.1) is 0 Å². The predicted molar refractivity (Wildman–Crippen MR) is 61.8 cm³/mol. The Morgan fingerprint density at radius 3 is 3.24 bits per heavy atom. The number of nitrogens with one attached hydrogen (secondary N) is 1. The Bertz CT molecular complexity index is 370. The number of rotatable bonds is 4. The summed E-state index contributed by atoms with van der Waals surface area (Å²) < 4.78 is 10.00. The second-order valence-corrected chi connectivity index (χ2v) is 4.25. The zero-order valence-corrected chi connectivity index (χ0v) is 10.1. The van der Waals surface area contributed by atoms with Crippen LogP contribution in [-0.4, -0.2) is 30.3 Å². The minimum Gasteiger partial charge on any atom is -0.461 e. The van der Waals surface area contributed by atoms with E-state index in [-0.39, 0.29) is 5.69 Å². The van der Waals surface area contributed by atoms with Crippen LogP contribution in [0.5, 0.6) is 0 Å². The number of nitrogens with zero attached hydrogens (tertiary/aromatic N) is 1. The Morgan fingerprint density at radius 2 is 2.53 bits per heavy atom. The lowest BCUT2D eigenvalue weighted by Crippen LogP contribution is -2.35. The second kappa shape index (κ2) is 5.82. The minimum atomic E-state index is -0.417. The zero-order chi connectivity index (χ0) is 12.1. The van der Waals surface area contributed by atoms with E-state index in [1.165, 1.54) is 12.8 Å². The summed E-state index contributed by atoms with van der Waals surface area (Å²) in [5, 5.41) is 7.15. The zero-order valence-electron chi connectivity index (χ0n) is 10.1. The monoisotopic (exact) mass is 238 g/mol. The van der Waals surface area contributed by atoms with Crippen LogP contribution in [0.2, 0.25) is 0 Å². The van der Waals surface area contributed by atoms with Crippen LogP contribution < -0.4 is 5.32 Å². The van der Waals surface area contributed by atoms with Gasteiger partial charge >= 0.3 is 5.97 Å². The summed E-state index contributed by atoms with van der Waals surface area (Å²) in [5.41, 5.74) is 0.262. The highest BCUT2D eigenvalue weighted by Crippen LogP contribution is 2.14. The highest BCUT2D eigenvalue weighted by Gasteiger charge is 2.18. The van der Waals surface area contributed by atoms with E-state index in [1.807, 2.05) is 0 Å². The maximum Gasteiger partial charge on any atom is 0.360 e. The van der Waals surface area contributed by atoms with Crippen LogP contribution in [0, 0.1) is 0 Å². The molecule has 0 aliphatic carbocycles. The Hall–Kier alpha value is -1.36. The van der Waals surface area contributed by atoms with Crippen LogP contribution in [0.3, 0.4) is 0 Å². The number of piperidine rings is 1. The lowest BCUT2D eigenvalue weighted by molar-refractivity contribution is 0.0514. The molecule has 0 spiro atoms. The molecule has 1 atom stereocenters. The molecule has 1 unspecified atom stereocenters. The van der Waals surface area contributed by atoms with E-state index < -0.39 is 5.97 Å². The Labute approximate surface area is 101 Å². The normalized spacial score (nSPS) is 20.2. The van der Waals surface area contributed by atoms with E-state index in [1.54, 1.807) is 13.0 Å². The number of carbonyl (C=O) groups is 1. The average Bonchev–Trinajstić information content (AvgIpc) is 2.79. The molecule has 17 heavy (non-hydrogen) atoms. The fourth-order valence-corrected chi connectivity index (χ4v) is 2.05. The molecule has 1 aliphatic heterocycles. The summed E-state index contributed by atoms with van der Waals surface area (Å²) in [5.74, 6) is 0.326. The van der Waals surface area contributed by atoms with Gasteiger partial charge in [0.2, 0.25) is 0 Å². The quantitative estimate of drug-likeness (QED) is 0.806. The number of esters is 1. The van der Waals surface area contributed by atoms with Crippen molar-refractivity contribution in [1.29, 1.82) is 0 Å². The molecular weight excluding hydrogens is 220 g/mol. The smallest absolute Gasteiger partial charge is 0.360 e. The molecule has 2 rings (SSSR count). The summed E-state index contributed by atoms with van der Waals surface area (Å²) in [7, 11) is 0. The van der Waals surface area contributed by atoms with Crippen LogP contribution in [0.25, 0.3) is 0 Å². The molecule has 5 nitrogen and oxygen atoms in total. The predicted octanol–water partition coefficient (Wildman–Crippen LogP) is 1.54. The van der Waals surface area contributed by atoms with Gasteiger partial charge in [0.05, 0.1) is 6.61 Å². The topological polar surface area (TPSA) is 64.4 Å². The van der Waals surface area contributed by atoms with Gasteiger partial charge in [0, 0.05) is 18.5 Å². The van der Waals surface area contributed by atoms with Crippen molar-refractivity contribution in [2.24, 2.45) is 0 Å². The first-order valence-electron chi connectivity index (χ1n) is 6.15. The number of carbonyl (C=O) groups excluding carboxylic acids is 1. The molecule has 94 valence electrons. The first-order chi connectivity index (χ1) is 8.29. The van der Waals surface area contributed by atoms with Crippen LogP contribution >= 0.6 is 0 Å². The molecule has 1 fully saturated rings. The third-order valence-corrected chi connectivity index (χ3v) is 2.90. The van der Waals surface area contributed by atoms with E-state index in [9.17, 15) is 4.79 Å². The number of hydrogen-bond acceptors (Lipinski definition) is 5. The molecule has 0 radical (unpaired) electrons. The third-order valence-electron chi connectivity index (χ3n) is 2.90. The fraction of sp³-hybridized carbons (Fsp3) is 0.667. The summed E-state index contributed by atoms with van der Waals surface area (Å²) in [6, 6.07) is 2.11. The van der Waals surface area contributed by atoms with E-state index >= 15 is 0 Å². The maximum atomic E-state index is 11.4. The van der Waals surface area contributed by atoms with Crippen molar-refractivity contribution in [3.05, 3.63) is 17.5 Å². The molecule has 0 saturated carbocycles. The first-order valence-corrected chi connectivity index (χ1v) is 6.15. The number of ether oxygens (including phenoxy) is 1. The highest BCUT2D eigenvalue weighted by molar-refractivity contribution is 5.87. The molecule has 1 aliphatic rings. The SMILES string of the molecule is CCOC(=O)c1cc(CC2CCCCN2)on1. The Morgan fingerprint density at radius 1 is 1.65 bits per heavy atom. The molecule has 1 aromatic heterocycles. The van der Waals surface area contributed by atoms with Crippen molar-refractivity contribution in [2.75, 3.05) is 13.2 Å². The average molecular weight is 238 g/mol. The van der Waals surface area contributed by atoms with Gasteiger partial charge in [-0.05, 0) is 26.3 Å². The molecule has 0 bridgehead atoms. The highest BCUT2D eigenvalue weighted by atomic mass is 16.5. The van der Waals surface area contributed by atoms with Crippen molar-refractivity contribution in [1.82, 2.24) is 10.5 Å². The molecule has 1 N–H and O–H groups in total. The van der Waals surface area contributed by atoms with E-state index in [0.717, 1.165) is 25.1 Å². The van der Waals surface area contributed by atoms with Gasteiger partial charge in [-0.3, -0.25) is 0 Å². The van der Waals surface area contributed by atoms with Crippen LogP contribution in [-0.2, 0) is 11.2 Å². The molecule has 0 aromatic carbocycles. The number of aromatic nitrogens is 1. The Balaban J connectivity index is 1.91. The second-order valence-electron chi connectivity index (χ2n) is 4.25. The summed E-state index contributed by atoms with van der Waals surface area (Å²) in [4.78, 5) is 11.4. The number of hydrogen-bond donors (Lipinski definition) is 1. The van der Waals surface area contributed by atoms with Gasteiger partial charge in [0.1, 0.15) is 5.76 Å². The van der Waals surface area contributed by atoms with E-state index in [2.05, 4.69) is 10.5 Å². The van der Waals surface area contributed by atoms with Crippen LogP contribution in [0.1, 0.15) is 42.4 Å². The van der Waals surface area contributed by atoms with Gasteiger partial charge < -0.3 is 14.6 Å². The first kappa shape index (κ1) is 12.1. The van der Waals surface area contributed by atoms with Gasteiger partial charge in [-0.2, -0.15) is 0 Å². The fourth-order valence-electron chi connectivity index (χ4n) is 2.05. The maximum absolute atomic E-state index is 11.4. The van der Waals surface area contributed by atoms with Gasteiger partial charge in [-0.1, -0.05) is 11.6 Å². The summed E-state index contributed by atoms with van der Waals surface area (Å²) in [6.07, 6.45) is 4.42. The molecule has 1 saturated heterocycles. The van der Waals surface area contributed by atoms with Crippen molar-refractivity contribution in [3.8, 4) is 0 Å². The van der Waals surface area contributed by atoms with Gasteiger partial charge in [-0.25, -0.2) is 4.79 Å². The minimum absolute atomic E-state index is 0.262. The van der Waals surface area contributed by atoms with Gasteiger partial charge in [0.15, 0.2) is 5.69 Å². The lowest BCUT2D eigenvalue weighted by Gasteiger charge is -2.21. The summed E-state index contributed by atoms with van der Waals surface area (Å²) >= 11 is 0. The summed E-state index contributed by atoms with van der Waals surface area (Å²) in [6.45, 7) is 3.18. The third kappa shape index (κ3) is 3.30. The Kier molecular flexibility index (Phi) is 4.14. The van der Waals surface area contributed by atoms with Crippen LogP contribution in [0.15, 0.2) is 10.6 Å². The molecule has 0 amide bonds. The van der Waals surface area contributed by atoms with Crippen molar-refractivity contribution in [2.45, 2.75) is 38.6 Å². The molecular formula is C12H18N2O3. The molecule has 1 aromatic rings. The molecule has 2 heterocycles. The largest absolute Gasteiger partial charge is 0.461 e. The van der Waals surface area contributed by atoms with E-state index in [4.69, 9.17) is 9.26 Å². The van der Waals surface area contributed by atoms with Crippen molar-refractivity contribution < 1.29 is 14.1 Å². The van der Waals surface area contributed by atoms with Gasteiger partial charge in [0.25, 0.3) is 0 Å². The van der Waals surface area contributed by atoms with Crippen molar-refractivity contribution >= 4 is 5.97 Å². The van der Waals surface area contributed by atoms with E-state index in [0.29, 0.717) is 12.6 Å². The van der Waals surface area contributed by atoms with Crippen molar-refractivity contribution in [3.63, 3.8) is 0 Å².